The first-order valence-corrected chi connectivity index (χ1v) is 14.0. The van der Waals surface area contributed by atoms with Gasteiger partial charge in [-0.1, -0.05) is 97.1 Å². The van der Waals surface area contributed by atoms with E-state index in [1.165, 1.54) is 0 Å². The van der Waals surface area contributed by atoms with Crippen molar-refractivity contribution in [2.45, 2.75) is 0 Å². The molecular weight excluding hydrogens is 516 g/mol. The number of furan rings is 2. The molecule has 3 heterocycles. The van der Waals surface area contributed by atoms with Gasteiger partial charge in [-0.25, -0.2) is 9.97 Å². The van der Waals surface area contributed by atoms with Gasteiger partial charge >= 0.3 is 0 Å². The number of benzene rings is 6. The highest BCUT2D eigenvalue weighted by atomic mass is 16.3. The average molecular weight is 539 g/mol. The van der Waals surface area contributed by atoms with Crippen LogP contribution in [0.25, 0.3) is 88.6 Å². The fraction of sp³-hybridized carbons (Fsp3) is 0. The van der Waals surface area contributed by atoms with Gasteiger partial charge in [0.1, 0.15) is 22.3 Å². The van der Waals surface area contributed by atoms with E-state index < -0.39 is 0 Å². The van der Waals surface area contributed by atoms with Gasteiger partial charge < -0.3 is 8.83 Å². The highest BCUT2D eigenvalue weighted by Crippen LogP contribution is 2.40. The van der Waals surface area contributed by atoms with Gasteiger partial charge in [-0.2, -0.15) is 0 Å². The van der Waals surface area contributed by atoms with E-state index >= 15 is 0 Å². The second kappa shape index (κ2) is 8.88. The van der Waals surface area contributed by atoms with Crippen LogP contribution in [0.2, 0.25) is 0 Å². The summed E-state index contributed by atoms with van der Waals surface area (Å²) in [5.74, 6) is 0.650. The molecule has 0 saturated heterocycles. The largest absolute Gasteiger partial charge is 0.456 e. The van der Waals surface area contributed by atoms with Crippen molar-refractivity contribution in [2.24, 2.45) is 0 Å². The highest BCUT2D eigenvalue weighted by molar-refractivity contribution is 6.18. The topological polar surface area (TPSA) is 52.1 Å². The summed E-state index contributed by atoms with van der Waals surface area (Å²) in [6, 6.07) is 45.5. The second-order valence-electron chi connectivity index (χ2n) is 10.6. The van der Waals surface area contributed by atoms with E-state index in [4.69, 9.17) is 18.8 Å². The first-order chi connectivity index (χ1) is 20.8. The van der Waals surface area contributed by atoms with Crippen LogP contribution < -0.4 is 0 Å². The van der Waals surface area contributed by atoms with E-state index in [9.17, 15) is 0 Å². The molecule has 0 N–H and O–H groups in total. The molecule has 0 saturated carbocycles. The number of nitrogens with zero attached hydrogens (tertiary/aromatic N) is 2. The summed E-state index contributed by atoms with van der Waals surface area (Å²) in [6.07, 6.45) is 0. The Kier molecular flexibility index (Phi) is 4.87. The summed E-state index contributed by atoms with van der Waals surface area (Å²) >= 11 is 0. The zero-order chi connectivity index (χ0) is 27.6. The van der Waals surface area contributed by atoms with E-state index in [2.05, 4.69) is 78.9 Å². The molecule has 42 heavy (non-hydrogen) atoms. The number of fused-ring (bicyclic) bond motifs is 8. The number of para-hydroxylation sites is 1. The van der Waals surface area contributed by atoms with Gasteiger partial charge in [0.25, 0.3) is 0 Å². The number of hydrogen-bond acceptors (Lipinski definition) is 4. The van der Waals surface area contributed by atoms with Crippen LogP contribution >= 0.6 is 0 Å². The molecule has 0 aliphatic carbocycles. The van der Waals surface area contributed by atoms with Crippen molar-refractivity contribution in [3.63, 3.8) is 0 Å². The summed E-state index contributed by atoms with van der Waals surface area (Å²) in [5.41, 5.74) is 8.04. The molecule has 0 radical (unpaired) electrons. The van der Waals surface area contributed by atoms with Crippen molar-refractivity contribution < 1.29 is 8.83 Å². The van der Waals surface area contributed by atoms with Crippen LogP contribution in [-0.4, -0.2) is 9.97 Å². The Hall–Kier alpha value is -5.74. The van der Waals surface area contributed by atoms with Crippen molar-refractivity contribution in [2.75, 3.05) is 0 Å². The minimum atomic E-state index is 0.650. The smallest absolute Gasteiger partial charge is 0.161 e. The number of aromatic nitrogens is 2. The first-order valence-electron chi connectivity index (χ1n) is 14.0. The molecule has 9 rings (SSSR count). The molecule has 4 heteroatoms. The Morgan fingerprint density at radius 2 is 1.14 bits per heavy atom. The van der Waals surface area contributed by atoms with Gasteiger partial charge in [0.2, 0.25) is 0 Å². The molecule has 0 aliphatic heterocycles. The number of rotatable bonds is 3. The van der Waals surface area contributed by atoms with Gasteiger partial charge in [-0.3, -0.25) is 0 Å². The van der Waals surface area contributed by atoms with Crippen molar-refractivity contribution in [1.29, 1.82) is 0 Å². The summed E-state index contributed by atoms with van der Waals surface area (Å²) in [4.78, 5) is 10.3. The van der Waals surface area contributed by atoms with Crippen LogP contribution in [0, 0.1) is 0 Å². The first kappa shape index (κ1) is 23.0. The van der Waals surface area contributed by atoms with Crippen molar-refractivity contribution >= 4 is 54.6 Å². The third-order valence-corrected chi connectivity index (χ3v) is 8.10. The molecule has 0 atom stereocenters. The Morgan fingerprint density at radius 1 is 0.429 bits per heavy atom. The van der Waals surface area contributed by atoms with Crippen LogP contribution in [0.15, 0.2) is 142 Å². The highest BCUT2D eigenvalue weighted by Gasteiger charge is 2.18. The molecular formula is C38H22N2O2. The second-order valence-corrected chi connectivity index (χ2v) is 10.6. The molecule has 3 aromatic heterocycles. The normalized spacial score (nSPS) is 11.8. The average Bonchev–Trinajstić information content (AvgIpc) is 3.63. The Labute approximate surface area is 240 Å². The van der Waals surface area contributed by atoms with Crippen LogP contribution in [0.5, 0.6) is 0 Å². The van der Waals surface area contributed by atoms with Gasteiger partial charge in [0, 0.05) is 43.6 Å². The maximum absolute atomic E-state index is 6.47. The van der Waals surface area contributed by atoms with Crippen LogP contribution in [0.3, 0.4) is 0 Å². The fourth-order valence-corrected chi connectivity index (χ4v) is 6.10. The maximum Gasteiger partial charge on any atom is 0.161 e. The van der Waals surface area contributed by atoms with Crippen LogP contribution in [-0.2, 0) is 0 Å². The van der Waals surface area contributed by atoms with E-state index in [1.807, 2.05) is 54.6 Å². The molecule has 0 spiro atoms. The quantitative estimate of drug-likeness (QED) is 0.224. The van der Waals surface area contributed by atoms with Gasteiger partial charge in [0.15, 0.2) is 5.82 Å². The third-order valence-electron chi connectivity index (χ3n) is 8.10. The van der Waals surface area contributed by atoms with Crippen LogP contribution in [0.1, 0.15) is 0 Å². The molecule has 6 aromatic carbocycles. The van der Waals surface area contributed by atoms with Crippen molar-refractivity contribution in [1.82, 2.24) is 9.97 Å². The summed E-state index contributed by atoms with van der Waals surface area (Å²) < 4.78 is 12.7. The lowest BCUT2D eigenvalue weighted by atomic mass is 10.0. The van der Waals surface area contributed by atoms with Gasteiger partial charge in [-0.05, 0) is 41.8 Å². The monoisotopic (exact) mass is 538 g/mol. The predicted octanol–water partition coefficient (Wildman–Crippen LogP) is 10.4. The Bertz CT molecular complexity index is 2470. The van der Waals surface area contributed by atoms with Crippen molar-refractivity contribution in [3.05, 3.63) is 133 Å². The minimum absolute atomic E-state index is 0.650. The van der Waals surface area contributed by atoms with Crippen LogP contribution in [0.4, 0.5) is 0 Å². The molecule has 9 aromatic rings. The summed E-state index contributed by atoms with van der Waals surface area (Å²) in [6.45, 7) is 0. The zero-order valence-electron chi connectivity index (χ0n) is 22.4. The summed E-state index contributed by atoms with van der Waals surface area (Å²) in [5, 5.41) is 6.51. The van der Waals surface area contributed by atoms with E-state index in [0.717, 1.165) is 82.7 Å². The molecule has 196 valence electrons. The van der Waals surface area contributed by atoms with E-state index in [0.29, 0.717) is 5.82 Å². The molecule has 0 fully saturated rings. The van der Waals surface area contributed by atoms with Crippen molar-refractivity contribution in [3.8, 4) is 33.9 Å². The van der Waals surface area contributed by atoms with Gasteiger partial charge in [-0.15, -0.1) is 0 Å². The zero-order valence-corrected chi connectivity index (χ0v) is 22.4. The van der Waals surface area contributed by atoms with E-state index in [-0.39, 0.29) is 0 Å². The standard InChI is InChI=1S/C38H22N2O2/c1-2-10-24(11-3-1)31-22-32(25-18-19-28-27-13-6-7-15-33(27)41-35(28)21-25)40-38(39-31)30-14-8-16-34-36(30)29-20-17-23-9-4-5-12-26(23)37(29)42-34/h1-22H. The Balaban J connectivity index is 1.30. The van der Waals surface area contributed by atoms with E-state index in [1.54, 1.807) is 0 Å². The fourth-order valence-electron chi connectivity index (χ4n) is 6.10. The lowest BCUT2D eigenvalue weighted by Crippen LogP contribution is -1.96. The molecule has 0 aliphatic rings. The molecule has 4 nitrogen and oxygen atoms in total. The molecule has 0 bridgehead atoms. The SMILES string of the molecule is c1ccc(-c2cc(-c3ccc4c(c3)oc3ccccc34)nc(-c3cccc4oc5c6ccccc6ccc5c34)n2)cc1. The summed E-state index contributed by atoms with van der Waals surface area (Å²) in [7, 11) is 0. The maximum atomic E-state index is 6.47. The number of hydrogen-bond donors (Lipinski definition) is 0. The minimum Gasteiger partial charge on any atom is -0.456 e. The Morgan fingerprint density at radius 3 is 2.05 bits per heavy atom. The van der Waals surface area contributed by atoms with Gasteiger partial charge in [0.05, 0.1) is 11.4 Å². The predicted molar refractivity (Wildman–Crippen MR) is 170 cm³/mol. The molecule has 0 amide bonds. The lowest BCUT2D eigenvalue weighted by molar-refractivity contribution is 0.669. The lowest BCUT2D eigenvalue weighted by Gasteiger charge is -2.10. The molecule has 0 unspecified atom stereocenters. The third kappa shape index (κ3) is 3.49.